The van der Waals surface area contributed by atoms with Crippen LogP contribution in [0.2, 0.25) is 0 Å². The van der Waals surface area contributed by atoms with Crippen molar-refractivity contribution in [2.24, 2.45) is 4.99 Å². The van der Waals surface area contributed by atoms with E-state index in [1.54, 1.807) is 19.1 Å². The monoisotopic (exact) mass is 303 g/mol. The van der Waals surface area contributed by atoms with E-state index in [1.807, 2.05) is 0 Å². The molecule has 0 N–H and O–H groups in total. The van der Waals surface area contributed by atoms with E-state index in [1.165, 1.54) is 18.2 Å². The number of nitrogens with zero attached hydrogens (tertiary/aromatic N) is 1. The van der Waals surface area contributed by atoms with E-state index in [0.717, 1.165) is 0 Å². The fourth-order valence-corrected chi connectivity index (χ4v) is 1.94. The molecule has 0 atom stereocenters. The van der Waals surface area contributed by atoms with Crippen LogP contribution in [0.25, 0.3) is 0 Å². The molecule has 1 aromatic carbocycles. The van der Waals surface area contributed by atoms with Gasteiger partial charge in [-0.05, 0) is 31.2 Å². The summed E-state index contributed by atoms with van der Waals surface area (Å²) in [7, 11) is 0. The number of carbonyl (C=O) groups is 1. The molecule has 2 rings (SSSR count). The van der Waals surface area contributed by atoms with Crippen LogP contribution in [-0.2, 0) is 4.79 Å². The maximum atomic E-state index is 11.3. The molecule has 0 radical (unpaired) electrons. The van der Waals surface area contributed by atoms with E-state index >= 15 is 0 Å². The Labute approximate surface area is 142 Å². The second kappa shape index (κ2) is 6.73. The fraction of sp³-hybridized carbons (Fsp3) is 0.0769. The summed E-state index contributed by atoms with van der Waals surface area (Å²) in [4.78, 5) is 15.6. The Kier molecular flexibility index (Phi) is 5.83. The predicted octanol–water partition coefficient (Wildman–Crippen LogP) is -0.0268. The summed E-state index contributed by atoms with van der Waals surface area (Å²) >= 11 is 11.5. The first-order valence-electron chi connectivity index (χ1n) is 5.13. The first-order valence-corrected chi connectivity index (χ1v) is 5.88. The smallest absolute Gasteiger partial charge is 0.872 e. The maximum Gasteiger partial charge on any atom is 1.00 e. The first-order chi connectivity index (χ1) is 8.47. The number of rotatable bonds is 1. The molecule has 92 valence electrons. The summed E-state index contributed by atoms with van der Waals surface area (Å²) in [6.07, 6.45) is 2.88. The molecule has 0 amide bonds. The maximum absolute atomic E-state index is 11.3. The van der Waals surface area contributed by atoms with E-state index < -0.39 is 5.78 Å². The van der Waals surface area contributed by atoms with Gasteiger partial charge in [-0.3, -0.25) is 4.79 Å². The molecule has 0 heterocycles. The van der Waals surface area contributed by atoms with Gasteiger partial charge in [-0.15, -0.1) is 5.75 Å². The minimum Gasteiger partial charge on any atom is -0.872 e. The van der Waals surface area contributed by atoms with Crippen molar-refractivity contribution in [3.05, 3.63) is 46.0 Å². The van der Waals surface area contributed by atoms with Gasteiger partial charge in [-0.2, -0.15) is 0 Å². The quantitative estimate of drug-likeness (QED) is 0.540. The third-order valence-electron chi connectivity index (χ3n) is 2.40. The summed E-state index contributed by atoms with van der Waals surface area (Å²) in [5, 5.41) is 11.3. The Balaban J connectivity index is 0.00000180. The van der Waals surface area contributed by atoms with Gasteiger partial charge in [0.15, 0.2) is 0 Å². The normalized spacial score (nSPS) is 14.5. The molecule has 0 fully saturated rings. The van der Waals surface area contributed by atoms with Gasteiger partial charge in [0.05, 0.1) is 21.5 Å². The molecular formula is C13H8Cl2NNaO2. The van der Waals surface area contributed by atoms with E-state index in [-0.39, 0.29) is 45.4 Å². The molecule has 1 aliphatic rings. The summed E-state index contributed by atoms with van der Waals surface area (Å²) < 4.78 is 0. The summed E-state index contributed by atoms with van der Waals surface area (Å²) in [6, 6.07) is 4.71. The van der Waals surface area contributed by atoms with Crippen LogP contribution in [0.15, 0.2) is 45.4 Å². The van der Waals surface area contributed by atoms with Crippen LogP contribution in [0, 0.1) is 6.92 Å². The van der Waals surface area contributed by atoms with Gasteiger partial charge in [0.25, 0.3) is 0 Å². The Morgan fingerprint density at radius 1 is 1.16 bits per heavy atom. The van der Waals surface area contributed by atoms with Crippen LogP contribution in [0.5, 0.6) is 5.75 Å². The minimum absolute atomic E-state index is 0. The second-order valence-corrected chi connectivity index (χ2v) is 4.61. The van der Waals surface area contributed by atoms with Crippen molar-refractivity contribution in [3.8, 4) is 5.75 Å². The van der Waals surface area contributed by atoms with Crippen LogP contribution in [0.4, 0.5) is 5.69 Å². The molecular weight excluding hydrogens is 296 g/mol. The van der Waals surface area contributed by atoms with Gasteiger partial charge in [0, 0.05) is 0 Å². The predicted molar refractivity (Wildman–Crippen MR) is 70.6 cm³/mol. The molecule has 0 saturated carbocycles. The van der Waals surface area contributed by atoms with Gasteiger partial charge >= 0.3 is 29.6 Å². The number of aryl methyl sites for hydroxylation is 1. The first kappa shape index (κ1) is 16.5. The standard InChI is InChI=1S/C13H9Cl2NO2.Na/c1-7-4-8(2-3-12(7)17)16-9-5-10(14)13(18)11(15)6-9;/h2-6,17H,1H3;/q;+1/p-1. The Morgan fingerprint density at radius 2 is 1.74 bits per heavy atom. The number of aliphatic imine (C=N–C) groups is 1. The SMILES string of the molecule is Cc1cc(N=C2C=C(Cl)C(=O)C(Cl)=C2)ccc1[O-].[Na+]. The molecule has 0 aromatic heterocycles. The Hall–Kier alpha value is -0.580. The molecule has 1 aromatic rings. The van der Waals surface area contributed by atoms with Gasteiger partial charge in [0.2, 0.25) is 5.78 Å². The molecule has 0 saturated heterocycles. The van der Waals surface area contributed by atoms with Crippen molar-refractivity contribution in [1.82, 2.24) is 0 Å². The number of ketones is 1. The van der Waals surface area contributed by atoms with E-state index in [2.05, 4.69) is 4.99 Å². The number of benzene rings is 1. The van der Waals surface area contributed by atoms with Crippen molar-refractivity contribution in [2.45, 2.75) is 6.92 Å². The van der Waals surface area contributed by atoms with Gasteiger partial charge in [-0.25, -0.2) is 4.99 Å². The third kappa shape index (κ3) is 3.94. The van der Waals surface area contributed by atoms with Gasteiger partial charge in [0.1, 0.15) is 0 Å². The van der Waals surface area contributed by atoms with Crippen LogP contribution in [0.3, 0.4) is 0 Å². The molecule has 0 bridgehead atoms. The van der Waals surface area contributed by atoms with Crippen LogP contribution >= 0.6 is 23.2 Å². The summed E-state index contributed by atoms with van der Waals surface area (Å²) in [5.41, 5.74) is 1.69. The largest absolute Gasteiger partial charge is 1.00 e. The van der Waals surface area contributed by atoms with Crippen molar-refractivity contribution < 1.29 is 39.5 Å². The van der Waals surface area contributed by atoms with Gasteiger partial charge in [-0.1, -0.05) is 34.8 Å². The number of carbonyl (C=O) groups excluding carboxylic acids is 1. The van der Waals surface area contributed by atoms with E-state index in [4.69, 9.17) is 23.2 Å². The zero-order valence-electron chi connectivity index (χ0n) is 10.4. The molecule has 6 heteroatoms. The fourth-order valence-electron chi connectivity index (χ4n) is 1.46. The molecule has 1 aliphatic carbocycles. The van der Waals surface area contributed by atoms with Crippen LogP contribution < -0.4 is 34.7 Å². The van der Waals surface area contributed by atoms with Crippen LogP contribution in [0.1, 0.15) is 5.56 Å². The zero-order chi connectivity index (χ0) is 13.3. The average molecular weight is 304 g/mol. The van der Waals surface area contributed by atoms with Crippen molar-refractivity contribution in [2.75, 3.05) is 0 Å². The molecule has 0 aliphatic heterocycles. The molecule has 19 heavy (non-hydrogen) atoms. The number of Topliss-reactive ketones (excluding diaryl/α,β-unsaturated/α-hetero) is 1. The second-order valence-electron chi connectivity index (χ2n) is 3.80. The summed E-state index contributed by atoms with van der Waals surface area (Å²) in [5.74, 6) is -0.455. The Morgan fingerprint density at radius 3 is 2.26 bits per heavy atom. The topological polar surface area (TPSA) is 52.5 Å². The third-order valence-corrected chi connectivity index (χ3v) is 2.96. The van der Waals surface area contributed by atoms with Crippen molar-refractivity contribution in [3.63, 3.8) is 0 Å². The number of hydrogen-bond acceptors (Lipinski definition) is 3. The van der Waals surface area contributed by atoms with E-state index in [0.29, 0.717) is 17.0 Å². The number of hydrogen-bond donors (Lipinski definition) is 0. The van der Waals surface area contributed by atoms with Crippen LogP contribution in [-0.4, -0.2) is 11.5 Å². The molecule has 0 spiro atoms. The van der Waals surface area contributed by atoms with Crippen molar-refractivity contribution >= 4 is 40.4 Å². The minimum atomic E-state index is -0.414. The number of allylic oxidation sites excluding steroid dienone is 4. The number of halogens is 2. The Bertz CT molecular complexity index is 597. The van der Waals surface area contributed by atoms with E-state index in [9.17, 15) is 9.90 Å². The zero-order valence-corrected chi connectivity index (χ0v) is 13.9. The van der Waals surface area contributed by atoms with Gasteiger partial charge < -0.3 is 5.11 Å². The average Bonchev–Trinajstić information content (AvgIpc) is 2.31. The molecule has 0 unspecified atom stereocenters. The van der Waals surface area contributed by atoms with Crippen molar-refractivity contribution in [1.29, 1.82) is 0 Å². The molecule has 3 nitrogen and oxygen atoms in total. The summed E-state index contributed by atoms with van der Waals surface area (Å²) in [6.45, 7) is 1.71.